The highest BCUT2D eigenvalue weighted by atomic mass is 16.8. The molecule has 3 aromatic heterocycles. The minimum Gasteiger partial charge on any atom is -0.405 e. The van der Waals surface area contributed by atoms with Crippen LogP contribution in [0.15, 0.2) is 55.0 Å². The molecule has 11 heteroatoms. The lowest BCUT2D eigenvalue weighted by molar-refractivity contribution is -0.193. The standard InChI is InChI=1S/C26H26N6O5/c33-23-24(34)37-26(36-23)10-3-13-31(25(26)35)22-18(5-2-11-27-22)8-15-30-16-9-19(17-30)20-6-1-7-21(29-20)32-14-4-12-28-32/h1-2,4-7,11-12,14,19H,3,8-10,13,15-17H2. The van der Waals surface area contributed by atoms with Crippen LogP contribution in [-0.4, -0.2) is 74.5 Å². The van der Waals surface area contributed by atoms with Gasteiger partial charge in [-0.1, -0.05) is 12.1 Å². The highest BCUT2D eigenvalue weighted by molar-refractivity contribution is 6.32. The zero-order chi connectivity index (χ0) is 25.4. The number of likely N-dealkylation sites (tertiary alicyclic amines) is 1. The predicted molar refractivity (Wildman–Crippen MR) is 130 cm³/mol. The fraction of sp³-hybridized carbons (Fsp3) is 0.385. The highest BCUT2D eigenvalue weighted by Gasteiger charge is 2.58. The number of nitrogens with zero attached hydrogens (tertiary/aromatic N) is 6. The molecule has 3 aromatic rings. The summed E-state index contributed by atoms with van der Waals surface area (Å²) in [6, 6.07) is 11.7. The second-order valence-electron chi connectivity index (χ2n) is 9.49. The average molecular weight is 503 g/mol. The van der Waals surface area contributed by atoms with Crippen molar-refractivity contribution in [3.8, 4) is 5.82 Å². The van der Waals surface area contributed by atoms with Crippen LogP contribution in [0.3, 0.4) is 0 Å². The number of carbonyl (C=O) groups excluding carboxylic acids is 3. The van der Waals surface area contributed by atoms with Crippen LogP contribution in [0.5, 0.6) is 0 Å². The molecule has 6 rings (SSSR count). The van der Waals surface area contributed by atoms with Crippen LogP contribution < -0.4 is 4.90 Å². The number of rotatable bonds is 6. The van der Waals surface area contributed by atoms with Crippen molar-refractivity contribution in [2.24, 2.45) is 0 Å². The van der Waals surface area contributed by atoms with Crippen LogP contribution >= 0.6 is 0 Å². The van der Waals surface area contributed by atoms with Gasteiger partial charge >= 0.3 is 23.6 Å². The number of carbonyl (C=O) groups is 3. The first-order valence-electron chi connectivity index (χ1n) is 12.4. The summed E-state index contributed by atoms with van der Waals surface area (Å²) in [5, 5.41) is 4.28. The van der Waals surface area contributed by atoms with Crippen molar-refractivity contribution in [1.82, 2.24) is 24.6 Å². The molecule has 6 heterocycles. The van der Waals surface area contributed by atoms with Gasteiger partial charge in [0.1, 0.15) is 5.82 Å². The molecule has 3 aliphatic heterocycles. The summed E-state index contributed by atoms with van der Waals surface area (Å²) < 4.78 is 11.9. The monoisotopic (exact) mass is 502 g/mol. The van der Waals surface area contributed by atoms with Gasteiger partial charge in [-0.15, -0.1) is 0 Å². The van der Waals surface area contributed by atoms with Gasteiger partial charge in [0.25, 0.3) is 0 Å². The van der Waals surface area contributed by atoms with E-state index in [1.165, 1.54) is 4.90 Å². The molecule has 0 radical (unpaired) electrons. The molecule has 1 spiro atoms. The van der Waals surface area contributed by atoms with Gasteiger partial charge < -0.3 is 14.4 Å². The van der Waals surface area contributed by atoms with Gasteiger partial charge in [0, 0.05) is 56.3 Å². The first-order valence-corrected chi connectivity index (χ1v) is 12.4. The first-order chi connectivity index (χ1) is 18.0. The van der Waals surface area contributed by atoms with Crippen LogP contribution in [-0.2, 0) is 30.3 Å². The molecule has 0 aliphatic carbocycles. The lowest BCUT2D eigenvalue weighted by atomic mass is 10.0. The fourth-order valence-corrected chi connectivity index (χ4v) is 5.30. The fourth-order valence-electron chi connectivity index (χ4n) is 5.30. The van der Waals surface area contributed by atoms with E-state index < -0.39 is 23.6 Å². The zero-order valence-corrected chi connectivity index (χ0v) is 20.2. The van der Waals surface area contributed by atoms with Crippen molar-refractivity contribution in [3.05, 3.63) is 66.2 Å². The summed E-state index contributed by atoms with van der Waals surface area (Å²) in [7, 11) is 0. The predicted octanol–water partition coefficient (Wildman–Crippen LogP) is 1.62. The number of piperidine rings is 1. The van der Waals surface area contributed by atoms with E-state index in [1.807, 2.05) is 36.5 Å². The number of hydrogen-bond acceptors (Lipinski definition) is 9. The van der Waals surface area contributed by atoms with Crippen molar-refractivity contribution in [2.45, 2.75) is 37.4 Å². The van der Waals surface area contributed by atoms with Gasteiger partial charge in [-0.05, 0) is 55.6 Å². The molecule has 37 heavy (non-hydrogen) atoms. The Kier molecular flexibility index (Phi) is 5.91. The van der Waals surface area contributed by atoms with E-state index in [-0.39, 0.29) is 6.42 Å². The minimum absolute atomic E-state index is 0.146. The SMILES string of the molecule is O=C1OC2(CCCN(c3ncccc3CCN3CCC(c4cccc(-n5cccn5)n4)C3)C2=O)OC1=O. The van der Waals surface area contributed by atoms with Crippen molar-refractivity contribution < 1.29 is 23.9 Å². The minimum atomic E-state index is -1.87. The van der Waals surface area contributed by atoms with E-state index >= 15 is 0 Å². The molecule has 11 nitrogen and oxygen atoms in total. The van der Waals surface area contributed by atoms with E-state index in [0.717, 1.165) is 43.1 Å². The number of pyridine rings is 2. The van der Waals surface area contributed by atoms with Crippen LogP contribution in [0, 0.1) is 0 Å². The van der Waals surface area contributed by atoms with E-state index in [2.05, 4.69) is 21.0 Å². The third kappa shape index (κ3) is 4.35. The van der Waals surface area contributed by atoms with Gasteiger partial charge in [0.05, 0.1) is 0 Å². The molecule has 0 saturated carbocycles. The second-order valence-corrected chi connectivity index (χ2v) is 9.49. The van der Waals surface area contributed by atoms with Crippen molar-refractivity contribution in [1.29, 1.82) is 0 Å². The molecule has 1 unspecified atom stereocenters. The largest absolute Gasteiger partial charge is 0.421 e. The first kappa shape index (κ1) is 23.3. The molecule has 3 aliphatic rings. The number of esters is 2. The second kappa shape index (κ2) is 9.40. The summed E-state index contributed by atoms with van der Waals surface area (Å²) in [4.78, 5) is 49.8. The van der Waals surface area contributed by atoms with Crippen LogP contribution in [0.4, 0.5) is 5.82 Å². The maximum atomic E-state index is 13.3. The number of anilines is 1. The molecule has 0 bridgehead atoms. The molecule has 0 aromatic carbocycles. The number of ether oxygens (including phenoxy) is 2. The summed E-state index contributed by atoms with van der Waals surface area (Å²) in [6.07, 6.45) is 7.61. The lowest BCUT2D eigenvalue weighted by Crippen LogP contribution is -2.55. The Morgan fingerprint density at radius 2 is 1.86 bits per heavy atom. The molecular weight excluding hydrogens is 476 g/mol. The van der Waals surface area contributed by atoms with E-state index in [4.69, 9.17) is 14.5 Å². The number of aromatic nitrogens is 4. The highest BCUT2D eigenvalue weighted by Crippen LogP contribution is 2.35. The number of hydrogen-bond donors (Lipinski definition) is 0. The summed E-state index contributed by atoms with van der Waals surface area (Å²) in [6.45, 7) is 3.04. The van der Waals surface area contributed by atoms with Crippen molar-refractivity contribution in [3.63, 3.8) is 0 Å². The normalized spacial score (nSPS) is 21.5. The molecule has 0 N–H and O–H groups in total. The summed E-state index contributed by atoms with van der Waals surface area (Å²) >= 11 is 0. The Morgan fingerprint density at radius 3 is 2.68 bits per heavy atom. The van der Waals surface area contributed by atoms with Crippen LogP contribution in [0.2, 0.25) is 0 Å². The van der Waals surface area contributed by atoms with E-state index in [1.54, 1.807) is 17.1 Å². The maximum Gasteiger partial charge on any atom is 0.421 e. The van der Waals surface area contributed by atoms with Gasteiger partial charge in [-0.3, -0.25) is 9.69 Å². The van der Waals surface area contributed by atoms with Crippen LogP contribution in [0.1, 0.15) is 36.4 Å². The lowest BCUT2D eigenvalue weighted by Gasteiger charge is -2.36. The Bertz CT molecular complexity index is 1330. The molecule has 1 atom stereocenters. The molecule has 3 fully saturated rings. The van der Waals surface area contributed by atoms with Crippen LogP contribution in [0.25, 0.3) is 5.82 Å². The Balaban J connectivity index is 1.13. The molecule has 1 amide bonds. The smallest absolute Gasteiger partial charge is 0.405 e. The maximum absolute atomic E-state index is 13.3. The van der Waals surface area contributed by atoms with E-state index in [0.29, 0.717) is 31.1 Å². The Labute approximate surface area is 213 Å². The Hall–Kier alpha value is -4.12. The molecule has 3 saturated heterocycles. The third-order valence-electron chi connectivity index (χ3n) is 7.15. The van der Waals surface area contributed by atoms with Crippen molar-refractivity contribution in [2.75, 3.05) is 31.1 Å². The number of amides is 1. The quantitative estimate of drug-likeness (QED) is 0.366. The summed E-state index contributed by atoms with van der Waals surface area (Å²) in [5.74, 6) is -3.06. The average Bonchev–Trinajstić information content (AvgIpc) is 3.67. The van der Waals surface area contributed by atoms with Gasteiger partial charge in [0.2, 0.25) is 0 Å². The van der Waals surface area contributed by atoms with Gasteiger partial charge in [0.15, 0.2) is 5.82 Å². The zero-order valence-electron chi connectivity index (χ0n) is 20.2. The molecule has 190 valence electrons. The molecular formula is C26H26N6O5. The topological polar surface area (TPSA) is 120 Å². The van der Waals surface area contributed by atoms with Crippen molar-refractivity contribution >= 4 is 23.7 Å². The van der Waals surface area contributed by atoms with E-state index in [9.17, 15) is 14.4 Å². The van der Waals surface area contributed by atoms with Gasteiger partial charge in [-0.2, -0.15) is 5.10 Å². The Morgan fingerprint density at radius 1 is 1.00 bits per heavy atom. The van der Waals surface area contributed by atoms with Gasteiger partial charge in [-0.25, -0.2) is 24.2 Å². The summed E-state index contributed by atoms with van der Waals surface area (Å²) in [5.41, 5.74) is 1.97. The third-order valence-corrected chi connectivity index (χ3v) is 7.15.